The molecule has 0 radical (unpaired) electrons. The molecule has 0 unspecified atom stereocenters. The van der Waals surface area contributed by atoms with E-state index in [0.29, 0.717) is 5.56 Å². The standard InChI is InChI=1S/C9H11NO4/c10-7(9(13)14)8(12)5-1-3-6(11)4-2-5/h1-4,7-8,11-12H,10H2,(H,13,14)/t7-,8-/m0/s1. The summed E-state index contributed by atoms with van der Waals surface area (Å²) in [6.45, 7) is 0. The molecule has 14 heavy (non-hydrogen) atoms. The monoisotopic (exact) mass is 197 g/mol. The zero-order chi connectivity index (χ0) is 10.7. The molecule has 0 aliphatic rings. The number of aliphatic hydroxyl groups excluding tert-OH is 1. The molecule has 5 heteroatoms. The number of carboxylic acid groups (broad SMARTS) is 1. The molecule has 0 aliphatic carbocycles. The van der Waals surface area contributed by atoms with Crippen LogP contribution in [0.15, 0.2) is 24.3 Å². The van der Waals surface area contributed by atoms with Crippen LogP contribution in [0.25, 0.3) is 0 Å². The van der Waals surface area contributed by atoms with Gasteiger partial charge < -0.3 is 21.1 Å². The Morgan fingerprint density at radius 1 is 1.29 bits per heavy atom. The Labute approximate surface area is 80.4 Å². The lowest BCUT2D eigenvalue weighted by Gasteiger charge is -2.14. The van der Waals surface area contributed by atoms with E-state index in [0.717, 1.165) is 0 Å². The van der Waals surface area contributed by atoms with Gasteiger partial charge in [-0.2, -0.15) is 0 Å². The van der Waals surface area contributed by atoms with Gasteiger partial charge in [0.05, 0.1) is 0 Å². The van der Waals surface area contributed by atoms with Gasteiger partial charge in [0.25, 0.3) is 0 Å². The Bertz CT molecular complexity index is 322. The van der Waals surface area contributed by atoms with Crippen molar-refractivity contribution >= 4 is 5.97 Å². The van der Waals surface area contributed by atoms with Crippen LogP contribution < -0.4 is 5.73 Å². The largest absolute Gasteiger partial charge is 0.508 e. The molecule has 0 bridgehead atoms. The third-order valence-corrected chi connectivity index (χ3v) is 1.86. The first-order valence-corrected chi connectivity index (χ1v) is 3.97. The quantitative estimate of drug-likeness (QED) is 0.539. The third-order valence-electron chi connectivity index (χ3n) is 1.86. The number of aromatic hydroxyl groups is 1. The van der Waals surface area contributed by atoms with Crippen molar-refractivity contribution in [3.63, 3.8) is 0 Å². The molecule has 5 nitrogen and oxygen atoms in total. The van der Waals surface area contributed by atoms with Crippen molar-refractivity contribution in [1.82, 2.24) is 0 Å². The van der Waals surface area contributed by atoms with Crippen LogP contribution in [0.2, 0.25) is 0 Å². The van der Waals surface area contributed by atoms with Crippen molar-refractivity contribution in [3.05, 3.63) is 29.8 Å². The van der Waals surface area contributed by atoms with Crippen LogP contribution in [0, 0.1) is 0 Å². The fourth-order valence-electron chi connectivity index (χ4n) is 1.01. The van der Waals surface area contributed by atoms with Crippen LogP contribution in [0.3, 0.4) is 0 Å². The highest BCUT2D eigenvalue weighted by Crippen LogP contribution is 2.18. The highest BCUT2D eigenvalue weighted by molar-refractivity contribution is 5.74. The second kappa shape index (κ2) is 4.08. The summed E-state index contributed by atoms with van der Waals surface area (Å²) in [5, 5.41) is 27.0. The first-order chi connectivity index (χ1) is 6.52. The summed E-state index contributed by atoms with van der Waals surface area (Å²) in [6.07, 6.45) is -1.27. The molecule has 0 saturated heterocycles. The Balaban J connectivity index is 2.84. The molecule has 0 heterocycles. The molecule has 0 saturated carbocycles. The Morgan fingerprint density at radius 3 is 2.21 bits per heavy atom. The number of benzene rings is 1. The van der Waals surface area contributed by atoms with E-state index in [1.165, 1.54) is 24.3 Å². The number of phenolic OH excluding ortho intramolecular Hbond substituents is 1. The van der Waals surface area contributed by atoms with Gasteiger partial charge in [-0.05, 0) is 17.7 Å². The maximum absolute atomic E-state index is 10.4. The summed E-state index contributed by atoms with van der Waals surface area (Å²) in [7, 11) is 0. The minimum atomic E-state index is -1.36. The lowest BCUT2D eigenvalue weighted by atomic mass is 10.0. The van der Waals surface area contributed by atoms with E-state index >= 15 is 0 Å². The number of carbonyl (C=O) groups is 1. The summed E-state index contributed by atoms with van der Waals surface area (Å²) in [5.74, 6) is -1.23. The average molecular weight is 197 g/mol. The van der Waals surface area contributed by atoms with Gasteiger partial charge in [0, 0.05) is 0 Å². The molecule has 1 aromatic carbocycles. The van der Waals surface area contributed by atoms with Gasteiger partial charge in [0.1, 0.15) is 17.9 Å². The van der Waals surface area contributed by atoms with E-state index < -0.39 is 18.1 Å². The topological polar surface area (TPSA) is 104 Å². The average Bonchev–Trinajstić information content (AvgIpc) is 2.16. The van der Waals surface area contributed by atoms with Gasteiger partial charge in [-0.25, -0.2) is 0 Å². The summed E-state index contributed by atoms with van der Waals surface area (Å²) in [6, 6.07) is 4.19. The van der Waals surface area contributed by atoms with Gasteiger partial charge in [-0.1, -0.05) is 12.1 Å². The van der Waals surface area contributed by atoms with E-state index in [1.54, 1.807) is 0 Å². The van der Waals surface area contributed by atoms with Crippen LogP contribution in [0.5, 0.6) is 5.75 Å². The van der Waals surface area contributed by atoms with Crippen LogP contribution in [-0.4, -0.2) is 27.3 Å². The van der Waals surface area contributed by atoms with Gasteiger partial charge in [0.2, 0.25) is 0 Å². The maximum atomic E-state index is 10.4. The molecule has 5 N–H and O–H groups in total. The molecule has 2 atom stereocenters. The number of carboxylic acids is 1. The Morgan fingerprint density at radius 2 is 1.79 bits per heavy atom. The number of hydrogen-bond donors (Lipinski definition) is 4. The molecule has 0 aromatic heterocycles. The molecular formula is C9H11NO4. The van der Waals surface area contributed by atoms with E-state index in [2.05, 4.69) is 0 Å². The predicted molar refractivity (Wildman–Crippen MR) is 48.7 cm³/mol. The summed E-state index contributed by atoms with van der Waals surface area (Å²) >= 11 is 0. The Hall–Kier alpha value is -1.59. The SMILES string of the molecule is N[C@H](C(=O)O)[C@@H](O)c1ccc(O)cc1. The van der Waals surface area contributed by atoms with Gasteiger partial charge in [-0.3, -0.25) is 4.79 Å². The number of aliphatic hydroxyl groups is 1. The van der Waals surface area contributed by atoms with Gasteiger partial charge in [0.15, 0.2) is 0 Å². The summed E-state index contributed by atoms with van der Waals surface area (Å²) in [4.78, 5) is 10.4. The number of nitrogens with two attached hydrogens (primary N) is 1. The number of phenols is 1. The van der Waals surface area contributed by atoms with E-state index in [-0.39, 0.29) is 5.75 Å². The zero-order valence-electron chi connectivity index (χ0n) is 7.29. The number of rotatable bonds is 3. The second-order valence-corrected chi connectivity index (χ2v) is 2.90. The number of hydrogen-bond acceptors (Lipinski definition) is 4. The molecular weight excluding hydrogens is 186 g/mol. The van der Waals surface area contributed by atoms with Gasteiger partial charge in [-0.15, -0.1) is 0 Å². The smallest absolute Gasteiger partial charge is 0.323 e. The molecule has 0 aliphatic heterocycles. The van der Waals surface area contributed by atoms with Crippen LogP contribution in [-0.2, 0) is 4.79 Å². The zero-order valence-corrected chi connectivity index (χ0v) is 7.29. The molecule has 76 valence electrons. The lowest BCUT2D eigenvalue weighted by molar-refractivity contribution is -0.141. The first-order valence-electron chi connectivity index (χ1n) is 3.97. The van der Waals surface area contributed by atoms with Crippen molar-refractivity contribution < 1.29 is 20.1 Å². The van der Waals surface area contributed by atoms with Crippen molar-refractivity contribution in [2.75, 3.05) is 0 Å². The molecule has 1 rings (SSSR count). The summed E-state index contributed by atoms with van der Waals surface area (Å²) in [5.41, 5.74) is 5.58. The Kier molecular flexibility index (Phi) is 3.06. The summed E-state index contributed by atoms with van der Waals surface area (Å²) < 4.78 is 0. The van der Waals surface area contributed by atoms with Crippen molar-refractivity contribution in [1.29, 1.82) is 0 Å². The normalized spacial score (nSPS) is 14.7. The molecule has 0 amide bonds. The van der Waals surface area contributed by atoms with Crippen LogP contribution >= 0.6 is 0 Å². The first kappa shape index (κ1) is 10.5. The fourth-order valence-corrected chi connectivity index (χ4v) is 1.01. The van der Waals surface area contributed by atoms with Crippen molar-refractivity contribution in [3.8, 4) is 5.75 Å². The van der Waals surface area contributed by atoms with E-state index in [1.807, 2.05) is 0 Å². The van der Waals surface area contributed by atoms with E-state index in [4.69, 9.17) is 15.9 Å². The minimum Gasteiger partial charge on any atom is -0.508 e. The molecule has 0 spiro atoms. The fraction of sp³-hybridized carbons (Fsp3) is 0.222. The highest BCUT2D eigenvalue weighted by Gasteiger charge is 2.23. The van der Waals surface area contributed by atoms with E-state index in [9.17, 15) is 9.90 Å². The van der Waals surface area contributed by atoms with Crippen molar-refractivity contribution in [2.24, 2.45) is 5.73 Å². The number of aliphatic carboxylic acids is 1. The van der Waals surface area contributed by atoms with Crippen molar-refractivity contribution in [2.45, 2.75) is 12.1 Å². The minimum absolute atomic E-state index is 0.0462. The van der Waals surface area contributed by atoms with Gasteiger partial charge >= 0.3 is 5.97 Å². The maximum Gasteiger partial charge on any atom is 0.323 e. The molecule has 1 aromatic rings. The van der Waals surface area contributed by atoms with Crippen LogP contribution in [0.4, 0.5) is 0 Å². The highest BCUT2D eigenvalue weighted by atomic mass is 16.4. The predicted octanol–water partition coefficient (Wildman–Crippen LogP) is -0.163. The second-order valence-electron chi connectivity index (χ2n) is 2.90. The third kappa shape index (κ3) is 2.21. The lowest BCUT2D eigenvalue weighted by Crippen LogP contribution is -2.36. The molecule has 0 fully saturated rings. The van der Waals surface area contributed by atoms with Crippen LogP contribution in [0.1, 0.15) is 11.7 Å².